The van der Waals surface area contributed by atoms with Crippen molar-refractivity contribution >= 4 is 40.4 Å². The lowest BCUT2D eigenvalue weighted by Crippen LogP contribution is -2.47. The summed E-state index contributed by atoms with van der Waals surface area (Å²) < 4.78 is 11.1. The fourth-order valence-electron chi connectivity index (χ4n) is 4.69. The number of para-hydroxylation sites is 1. The summed E-state index contributed by atoms with van der Waals surface area (Å²) in [4.78, 5) is 54.4. The van der Waals surface area contributed by atoms with Gasteiger partial charge in [0.1, 0.15) is 23.4 Å². The highest BCUT2D eigenvalue weighted by Gasteiger charge is 2.50. The van der Waals surface area contributed by atoms with E-state index >= 15 is 0 Å². The Morgan fingerprint density at radius 3 is 2.44 bits per heavy atom. The van der Waals surface area contributed by atoms with Gasteiger partial charge in [0, 0.05) is 18.5 Å². The molecule has 3 heterocycles. The molecule has 0 saturated carbocycles. The first-order valence-corrected chi connectivity index (χ1v) is 11.7. The Kier molecular flexibility index (Phi) is 6.87. The zero-order valence-electron chi connectivity index (χ0n) is 19.5. The Labute approximate surface area is 197 Å². The normalized spacial score (nSPS) is 17.8. The summed E-state index contributed by atoms with van der Waals surface area (Å²) in [6.45, 7) is 5.14. The van der Waals surface area contributed by atoms with E-state index in [-0.39, 0.29) is 17.4 Å². The number of urea groups is 1. The average Bonchev–Trinajstić information content (AvgIpc) is 3.30. The second kappa shape index (κ2) is 9.84. The second-order valence-corrected chi connectivity index (χ2v) is 8.66. The molecule has 2 aliphatic heterocycles. The number of anilines is 1. The predicted molar refractivity (Wildman–Crippen MR) is 124 cm³/mol. The van der Waals surface area contributed by atoms with E-state index in [9.17, 15) is 19.2 Å². The number of imide groups is 1. The van der Waals surface area contributed by atoms with Crippen LogP contribution in [0.15, 0.2) is 28.7 Å². The highest BCUT2D eigenvalue weighted by molar-refractivity contribution is 6.13. The highest BCUT2D eigenvalue weighted by Crippen LogP contribution is 2.32. The maximum atomic E-state index is 13.1. The number of benzene rings is 1. The number of hydrogen-bond acceptors (Lipinski definition) is 6. The molecule has 1 aromatic carbocycles. The van der Waals surface area contributed by atoms with Crippen molar-refractivity contribution in [2.75, 3.05) is 38.2 Å². The van der Waals surface area contributed by atoms with Gasteiger partial charge >= 0.3 is 6.03 Å². The van der Waals surface area contributed by atoms with Gasteiger partial charge in [0.05, 0.1) is 13.2 Å². The van der Waals surface area contributed by atoms with Crippen molar-refractivity contribution < 1.29 is 28.3 Å². The van der Waals surface area contributed by atoms with Crippen molar-refractivity contribution in [1.82, 2.24) is 15.1 Å². The summed E-state index contributed by atoms with van der Waals surface area (Å²) in [6, 6.07) is 6.42. The van der Waals surface area contributed by atoms with Gasteiger partial charge in [-0.05, 0) is 25.0 Å². The van der Waals surface area contributed by atoms with E-state index in [0.717, 1.165) is 17.7 Å². The quantitative estimate of drug-likeness (QED) is 0.572. The van der Waals surface area contributed by atoms with Crippen LogP contribution in [-0.4, -0.2) is 71.9 Å². The molecular formula is C24H30N4O6. The molecule has 1 aromatic heterocycles. The third-order valence-corrected chi connectivity index (χ3v) is 6.25. The fourth-order valence-corrected chi connectivity index (χ4v) is 4.69. The van der Waals surface area contributed by atoms with E-state index < -0.39 is 29.9 Å². The number of rotatable bonds is 8. The van der Waals surface area contributed by atoms with Crippen molar-refractivity contribution in [3.05, 3.63) is 30.0 Å². The van der Waals surface area contributed by atoms with Gasteiger partial charge in [-0.3, -0.25) is 19.3 Å². The monoisotopic (exact) mass is 470 g/mol. The van der Waals surface area contributed by atoms with Crippen molar-refractivity contribution in [1.29, 1.82) is 0 Å². The zero-order valence-corrected chi connectivity index (χ0v) is 19.5. The molecule has 2 fully saturated rings. The van der Waals surface area contributed by atoms with E-state index in [1.807, 2.05) is 13.8 Å². The van der Waals surface area contributed by atoms with E-state index in [1.54, 1.807) is 29.2 Å². The van der Waals surface area contributed by atoms with Crippen LogP contribution >= 0.6 is 0 Å². The van der Waals surface area contributed by atoms with Gasteiger partial charge in [0.25, 0.3) is 11.8 Å². The van der Waals surface area contributed by atoms with E-state index in [1.165, 1.54) is 0 Å². The fraction of sp³-hybridized carbons (Fsp3) is 0.500. The minimum atomic E-state index is -0.972. The van der Waals surface area contributed by atoms with Crippen molar-refractivity contribution in [2.24, 2.45) is 0 Å². The summed E-state index contributed by atoms with van der Waals surface area (Å²) in [5, 5.41) is 6.10. The van der Waals surface area contributed by atoms with E-state index in [4.69, 9.17) is 9.15 Å². The van der Waals surface area contributed by atoms with Gasteiger partial charge in [-0.15, -0.1) is 0 Å². The largest absolute Gasteiger partial charge is 0.449 e. The van der Waals surface area contributed by atoms with Gasteiger partial charge in [-0.25, -0.2) is 4.79 Å². The van der Waals surface area contributed by atoms with Crippen molar-refractivity contribution in [3.63, 3.8) is 0 Å². The topological polar surface area (TPSA) is 121 Å². The molecule has 10 nitrogen and oxygen atoms in total. The number of furan rings is 1. The molecule has 0 radical (unpaired) electrons. The third kappa shape index (κ3) is 4.37. The molecule has 10 heteroatoms. The smallest absolute Gasteiger partial charge is 0.325 e. The molecule has 2 aromatic rings. The molecule has 34 heavy (non-hydrogen) atoms. The maximum Gasteiger partial charge on any atom is 0.325 e. The summed E-state index contributed by atoms with van der Waals surface area (Å²) in [5.74, 6) is -1.32. The SMILES string of the molecule is CCCC1(CCC)NC(=O)N(CC(=O)Nc2c(C(=O)N3CCOCC3)oc3ccccc23)C1=O. The Bertz CT molecular complexity index is 1100. The summed E-state index contributed by atoms with van der Waals surface area (Å²) in [7, 11) is 0. The number of carbonyl (C=O) groups is 4. The Morgan fingerprint density at radius 1 is 1.09 bits per heavy atom. The number of nitrogens with zero attached hydrogens (tertiary/aromatic N) is 2. The molecule has 2 N–H and O–H groups in total. The maximum absolute atomic E-state index is 13.1. The van der Waals surface area contributed by atoms with Crippen LogP contribution in [0.25, 0.3) is 11.0 Å². The Balaban J connectivity index is 1.57. The van der Waals surface area contributed by atoms with Crippen molar-refractivity contribution in [2.45, 2.75) is 45.1 Å². The van der Waals surface area contributed by atoms with Crippen LogP contribution in [0.4, 0.5) is 10.5 Å². The molecule has 0 bridgehead atoms. The second-order valence-electron chi connectivity index (χ2n) is 8.66. The predicted octanol–water partition coefficient (Wildman–Crippen LogP) is 2.73. The Hall–Kier alpha value is -3.40. The minimum Gasteiger partial charge on any atom is -0.449 e. The summed E-state index contributed by atoms with van der Waals surface area (Å²) in [6.07, 6.45) is 2.46. The number of carbonyl (C=O) groups excluding carboxylic acids is 4. The summed E-state index contributed by atoms with van der Waals surface area (Å²) in [5.41, 5.74) is -0.285. The first-order valence-electron chi connectivity index (χ1n) is 11.7. The number of hydrogen-bond donors (Lipinski definition) is 2. The Morgan fingerprint density at radius 2 is 1.76 bits per heavy atom. The average molecular weight is 471 g/mol. The lowest BCUT2D eigenvalue weighted by Gasteiger charge is -2.26. The molecule has 2 saturated heterocycles. The van der Waals surface area contributed by atoms with Crippen LogP contribution in [-0.2, 0) is 14.3 Å². The number of nitrogens with one attached hydrogen (secondary N) is 2. The van der Waals surface area contributed by atoms with Crippen LogP contribution < -0.4 is 10.6 Å². The standard InChI is InChI=1S/C24H30N4O6/c1-3-9-24(10-4-2)22(31)28(23(32)26-24)15-18(29)25-19-16-7-5-6-8-17(16)34-20(19)21(30)27-11-13-33-14-12-27/h5-8H,3-4,9-15H2,1-2H3,(H,25,29)(H,26,32). The van der Waals surface area contributed by atoms with E-state index in [2.05, 4.69) is 10.6 Å². The van der Waals surface area contributed by atoms with Gasteiger partial charge in [0.15, 0.2) is 0 Å². The molecule has 0 spiro atoms. The molecule has 182 valence electrons. The van der Waals surface area contributed by atoms with E-state index in [0.29, 0.717) is 50.1 Å². The first-order chi connectivity index (χ1) is 16.4. The van der Waals surface area contributed by atoms with Crippen LogP contribution in [0.2, 0.25) is 0 Å². The van der Waals surface area contributed by atoms with Crippen LogP contribution in [0.3, 0.4) is 0 Å². The van der Waals surface area contributed by atoms with Crippen LogP contribution in [0, 0.1) is 0 Å². The van der Waals surface area contributed by atoms with Gasteiger partial charge in [-0.2, -0.15) is 0 Å². The zero-order chi connectivity index (χ0) is 24.3. The van der Waals surface area contributed by atoms with Gasteiger partial charge in [-0.1, -0.05) is 38.8 Å². The lowest BCUT2D eigenvalue weighted by molar-refractivity contribution is -0.134. The molecule has 0 aliphatic carbocycles. The van der Waals surface area contributed by atoms with Gasteiger partial charge in [0.2, 0.25) is 11.7 Å². The lowest BCUT2D eigenvalue weighted by atomic mass is 9.88. The molecule has 0 atom stereocenters. The molecule has 4 rings (SSSR count). The third-order valence-electron chi connectivity index (χ3n) is 6.25. The number of fused-ring (bicyclic) bond motifs is 1. The summed E-state index contributed by atoms with van der Waals surface area (Å²) >= 11 is 0. The number of amides is 5. The molecule has 2 aliphatic rings. The minimum absolute atomic E-state index is 0.0139. The van der Waals surface area contributed by atoms with Crippen molar-refractivity contribution in [3.8, 4) is 0 Å². The molecular weight excluding hydrogens is 440 g/mol. The highest BCUT2D eigenvalue weighted by atomic mass is 16.5. The molecule has 0 unspecified atom stereocenters. The molecule has 5 amide bonds. The number of ether oxygens (including phenoxy) is 1. The van der Waals surface area contributed by atoms with Crippen LogP contribution in [0.1, 0.15) is 50.1 Å². The first kappa shape index (κ1) is 23.7. The van der Waals surface area contributed by atoms with Crippen LogP contribution in [0.5, 0.6) is 0 Å². The van der Waals surface area contributed by atoms with Gasteiger partial charge < -0.3 is 24.7 Å². The number of morpholine rings is 1.